The van der Waals surface area contributed by atoms with Crippen molar-refractivity contribution in [3.8, 4) is 5.75 Å². The topological polar surface area (TPSA) is 67.0 Å². The average Bonchev–Trinajstić information content (AvgIpc) is 3.30. The van der Waals surface area contributed by atoms with Crippen molar-refractivity contribution in [2.45, 2.75) is 25.7 Å². The Kier molecular flexibility index (Phi) is 4.37. The standard InChI is InChI=1S/C20H21N3O2/c24-20(15-8-2-1-3-9-15)21-19-17-11-10-16(12-18(17)22-23-19)25-13-14-6-4-5-7-14/h1-3,8-12,14H,4-7,13H2,(H2,21,22,23,24). The molecular formula is C20H21N3O2. The number of aromatic nitrogens is 2. The normalized spacial score (nSPS) is 14.7. The van der Waals surface area contributed by atoms with Gasteiger partial charge in [-0.2, -0.15) is 5.10 Å². The fourth-order valence-corrected chi connectivity index (χ4v) is 3.34. The summed E-state index contributed by atoms with van der Waals surface area (Å²) in [5.41, 5.74) is 1.46. The molecule has 1 aliphatic carbocycles. The van der Waals surface area contributed by atoms with Gasteiger partial charge in [0.15, 0.2) is 5.82 Å². The van der Waals surface area contributed by atoms with E-state index in [2.05, 4.69) is 15.5 Å². The Morgan fingerprint density at radius 3 is 2.76 bits per heavy atom. The third-order valence-corrected chi connectivity index (χ3v) is 4.76. The first-order chi connectivity index (χ1) is 12.3. The van der Waals surface area contributed by atoms with E-state index in [1.807, 2.05) is 36.4 Å². The summed E-state index contributed by atoms with van der Waals surface area (Å²) in [6.45, 7) is 0.775. The fourth-order valence-electron chi connectivity index (χ4n) is 3.34. The van der Waals surface area contributed by atoms with Crippen molar-refractivity contribution in [3.63, 3.8) is 0 Å². The minimum atomic E-state index is -0.171. The van der Waals surface area contributed by atoms with Gasteiger partial charge in [0.1, 0.15) is 5.75 Å². The van der Waals surface area contributed by atoms with Gasteiger partial charge in [-0.05, 0) is 43.0 Å². The summed E-state index contributed by atoms with van der Waals surface area (Å²) >= 11 is 0. The third kappa shape index (κ3) is 3.50. The molecule has 1 heterocycles. The number of rotatable bonds is 5. The summed E-state index contributed by atoms with van der Waals surface area (Å²) in [7, 11) is 0. The molecule has 1 saturated carbocycles. The Bertz CT molecular complexity index is 867. The van der Waals surface area contributed by atoms with Crippen molar-refractivity contribution in [1.82, 2.24) is 10.2 Å². The van der Waals surface area contributed by atoms with Crippen LogP contribution in [0.2, 0.25) is 0 Å². The van der Waals surface area contributed by atoms with Crippen LogP contribution >= 0.6 is 0 Å². The van der Waals surface area contributed by atoms with E-state index in [0.717, 1.165) is 23.3 Å². The number of amides is 1. The van der Waals surface area contributed by atoms with Gasteiger partial charge in [0, 0.05) is 17.0 Å². The molecule has 1 amide bonds. The van der Waals surface area contributed by atoms with Crippen molar-refractivity contribution in [2.24, 2.45) is 5.92 Å². The van der Waals surface area contributed by atoms with Crippen LogP contribution in [0.3, 0.4) is 0 Å². The van der Waals surface area contributed by atoms with Gasteiger partial charge in [0.25, 0.3) is 5.91 Å². The molecule has 0 bridgehead atoms. The molecule has 2 N–H and O–H groups in total. The highest BCUT2D eigenvalue weighted by Crippen LogP contribution is 2.28. The highest BCUT2D eigenvalue weighted by molar-refractivity contribution is 6.07. The zero-order valence-electron chi connectivity index (χ0n) is 14.0. The molecule has 25 heavy (non-hydrogen) atoms. The minimum Gasteiger partial charge on any atom is -0.493 e. The fraction of sp³-hybridized carbons (Fsp3) is 0.300. The number of hydrogen-bond donors (Lipinski definition) is 2. The van der Waals surface area contributed by atoms with Gasteiger partial charge in [-0.25, -0.2) is 0 Å². The number of nitrogens with zero attached hydrogens (tertiary/aromatic N) is 1. The Balaban J connectivity index is 1.47. The number of nitrogens with one attached hydrogen (secondary N) is 2. The predicted molar refractivity (Wildman–Crippen MR) is 97.9 cm³/mol. The molecular weight excluding hydrogens is 314 g/mol. The van der Waals surface area contributed by atoms with E-state index in [1.54, 1.807) is 12.1 Å². The van der Waals surface area contributed by atoms with Crippen molar-refractivity contribution in [3.05, 3.63) is 54.1 Å². The van der Waals surface area contributed by atoms with E-state index in [9.17, 15) is 4.79 Å². The van der Waals surface area contributed by atoms with E-state index in [1.165, 1.54) is 25.7 Å². The minimum absolute atomic E-state index is 0.171. The van der Waals surface area contributed by atoms with E-state index in [-0.39, 0.29) is 5.91 Å². The van der Waals surface area contributed by atoms with E-state index in [0.29, 0.717) is 17.3 Å². The predicted octanol–water partition coefficient (Wildman–Crippen LogP) is 4.38. The maximum absolute atomic E-state index is 12.3. The lowest BCUT2D eigenvalue weighted by atomic mass is 10.1. The second-order valence-corrected chi connectivity index (χ2v) is 6.56. The molecule has 0 radical (unpaired) electrons. The van der Waals surface area contributed by atoms with Crippen molar-refractivity contribution in [1.29, 1.82) is 0 Å². The van der Waals surface area contributed by atoms with Gasteiger partial charge in [-0.15, -0.1) is 0 Å². The lowest BCUT2D eigenvalue weighted by Crippen LogP contribution is -2.12. The smallest absolute Gasteiger partial charge is 0.256 e. The molecule has 0 saturated heterocycles. The number of carbonyl (C=O) groups is 1. The number of anilines is 1. The van der Waals surface area contributed by atoms with Gasteiger partial charge < -0.3 is 10.1 Å². The first-order valence-electron chi connectivity index (χ1n) is 8.77. The number of H-pyrrole nitrogens is 1. The Labute approximate surface area is 146 Å². The maximum Gasteiger partial charge on any atom is 0.256 e. The van der Waals surface area contributed by atoms with Gasteiger partial charge in [0.2, 0.25) is 0 Å². The summed E-state index contributed by atoms with van der Waals surface area (Å²) in [4.78, 5) is 12.3. The number of hydrogen-bond acceptors (Lipinski definition) is 3. The Morgan fingerprint density at radius 1 is 1.16 bits per heavy atom. The van der Waals surface area contributed by atoms with Crippen LogP contribution in [0.25, 0.3) is 10.9 Å². The molecule has 0 atom stereocenters. The monoisotopic (exact) mass is 335 g/mol. The van der Waals surface area contributed by atoms with Gasteiger partial charge in [0.05, 0.1) is 12.1 Å². The zero-order valence-corrected chi connectivity index (χ0v) is 14.0. The molecule has 0 unspecified atom stereocenters. The largest absolute Gasteiger partial charge is 0.493 e. The van der Waals surface area contributed by atoms with E-state index >= 15 is 0 Å². The van der Waals surface area contributed by atoms with Gasteiger partial charge >= 0.3 is 0 Å². The van der Waals surface area contributed by atoms with Gasteiger partial charge in [-0.1, -0.05) is 31.0 Å². The summed E-state index contributed by atoms with van der Waals surface area (Å²) in [6.07, 6.45) is 5.17. The van der Waals surface area contributed by atoms with Crippen LogP contribution < -0.4 is 10.1 Å². The van der Waals surface area contributed by atoms with Crippen LogP contribution in [0.4, 0.5) is 5.82 Å². The number of carbonyl (C=O) groups excluding carboxylic acids is 1. The summed E-state index contributed by atoms with van der Waals surface area (Å²) in [6, 6.07) is 14.9. The third-order valence-electron chi connectivity index (χ3n) is 4.76. The van der Waals surface area contributed by atoms with Gasteiger partial charge in [-0.3, -0.25) is 9.89 Å². The lowest BCUT2D eigenvalue weighted by molar-refractivity contribution is 0.102. The van der Waals surface area contributed by atoms with Crippen molar-refractivity contribution < 1.29 is 9.53 Å². The van der Waals surface area contributed by atoms with E-state index < -0.39 is 0 Å². The van der Waals surface area contributed by atoms with Crippen LogP contribution in [0.15, 0.2) is 48.5 Å². The molecule has 3 aromatic rings. The SMILES string of the molecule is O=C(Nc1n[nH]c2cc(OCC3CCCC3)ccc12)c1ccccc1. The number of ether oxygens (including phenoxy) is 1. The lowest BCUT2D eigenvalue weighted by Gasteiger charge is -2.11. The maximum atomic E-state index is 12.3. The molecule has 4 rings (SSSR count). The highest BCUT2D eigenvalue weighted by atomic mass is 16.5. The zero-order chi connectivity index (χ0) is 17.1. The van der Waals surface area contributed by atoms with Crippen molar-refractivity contribution >= 4 is 22.6 Å². The summed E-state index contributed by atoms with van der Waals surface area (Å²) < 4.78 is 5.92. The molecule has 5 heteroatoms. The molecule has 0 spiro atoms. The van der Waals surface area contributed by atoms with Crippen LogP contribution in [0, 0.1) is 5.92 Å². The second-order valence-electron chi connectivity index (χ2n) is 6.56. The van der Waals surface area contributed by atoms with Crippen LogP contribution in [0.1, 0.15) is 36.0 Å². The number of benzene rings is 2. The second kappa shape index (κ2) is 6.97. The number of fused-ring (bicyclic) bond motifs is 1. The first-order valence-corrected chi connectivity index (χ1v) is 8.77. The number of aromatic amines is 1. The molecule has 5 nitrogen and oxygen atoms in total. The van der Waals surface area contributed by atoms with E-state index in [4.69, 9.17) is 4.74 Å². The Morgan fingerprint density at radius 2 is 1.96 bits per heavy atom. The molecule has 2 aromatic carbocycles. The molecule has 0 aliphatic heterocycles. The molecule has 1 aromatic heterocycles. The van der Waals surface area contributed by atoms with Crippen LogP contribution in [-0.4, -0.2) is 22.7 Å². The Hall–Kier alpha value is -2.82. The summed E-state index contributed by atoms with van der Waals surface area (Å²) in [5, 5.41) is 10.9. The molecule has 1 fully saturated rings. The highest BCUT2D eigenvalue weighted by Gasteiger charge is 2.16. The summed E-state index contributed by atoms with van der Waals surface area (Å²) in [5.74, 6) is 1.88. The quantitative estimate of drug-likeness (QED) is 0.727. The molecule has 128 valence electrons. The van der Waals surface area contributed by atoms with Crippen molar-refractivity contribution in [2.75, 3.05) is 11.9 Å². The first kappa shape index (κ1) is 15.7. The van der Waals surface area contributed by atoms with Crippen LogP contribution in [0.5, 0.6) is 5.75 Å². The molecule has 1 aliphatic rings. The van der Waals surface area contributed by atoms with Crippen LogP contribution in [-0.2, 0) is 0 Å². The average molecular weight is 335 g/mol.